The Labute approximate surface area is 179 Å². The molecule has 8 heteroatoms. The average molecular weight is 428 g/mol. The van der Waals surface area contributed by atoms with Crippen LogP contribution in [0, 0.1) is 0 Å². The van der Waals surface area contributed by atoms with Gasteiger partial charge in [-0.2, -0.15) is 0 Å². The Balaban J connectivity index is 1.51. The molecule has 7 nitrogen and oxygen atoms in total. The maximum Gasteiger partial charge on any atom is 0.266 e. The molecule has 1 aromatic carbocycles. The lowest BCUT2D eigenvalue weighted by molar-refractivity contribution is -0.128. The highest BCUT2D eigenvalue weighted by Crippen LogP contribution is 2.38. The summed E-state index contributed by atoms with van der Waals surface area (Å²) in [6, 6.07) is 7.11. The number of para-hydroxylation sites is 2. The number of nitrogens with one attached hydrogen (secondary N) is 3. The standard InChI is InChI=1S/C22H25N3O4S/c1-12(2)23-21(28)19-13-7-3-6-10-17(13)30-22(19)25-18(26)11-16-20(27)24-14-8-4-5-9-15(14)29-16/h4-5,8-9,12,16H,3,6-7,10-11H2,1-2H3,(H,23,28)(H,24,27)(H,25,26). The van der Waals surface area contributed by atoms with Crippen LogP contribution in [-0.2, 0) is 22.4 Å². The van der Waals surface area contributed by atoms with Crippen LogP contribution in [0.3, 0.4) is 0 Å². The van der Waals surface area contributed by atoms with Crippen LogP contribution in [-0.4, -0.2) is 29.9 Å². The van der Waals surface area contributed by atoms with Crippen molar-refractivity contribution in [3.8, 4) is 5.75 Å². The van der Waals surface area contributed by atoms with Crippen molar-refractivity contribution in [3.63, 3.8) is 0 Å². The van der Waals surface area contributed by atoms with E-state index in [-0.39, 0.29) is 30.2 Å². The lowest BCUT2D eigenvalue weighted by atomic mass is 9.95. The van der Waals surface area contributed by atoms with E-state index in [0.29, 0.717) is 22.0 Å². The van der Waals surface area contributed by atoms with Crippen molar-refractivity contribution in [1.82, 2.24) is 5.32 Å². The second-order valence-electron chi connectivity index (χ2n) is 7.89. The largest absolute Gasteiger partial charge is 0.478 e. The molecule has 0 radical (unpaired) electrons. The zero-order chi connectivity index (χ0) is 21.3. The average Bonchev–Trinajstić information content (AvgIpc) is 3.05. The molecule has 0 saturated carbocycles. The molecule has 2 aromatic rings. The van der Waals surface area contributed by atoms with Crippen LogP contribution in [0.4, 0.5) is 10.7 Å². The summed E-state index contributed by atoms with van der Waals surface area (Å²) >= 11 is 1.46. The molecule has 1 aliphatic heterocycles. The van der Waals surface area contributed by atoms with Crippen LogP contribution in [0.2, 0.25) is 0 Å². The first-order valence-corrected chi connectivity index (χ1v) is 11.1. The highest BCUT2D eigenvalue weighted by molar-refractivity contribution is 7.17. The van der Waals surface area contributed by atoms with Crippen molar-refractivity contribution in [2.24, 2.45) is 0 Å². The van der Waals surface area contributed by atoms with Gasteiger partial charge in [0, 0.05) is 10.9 Å². The fourth-order valence-corrected chi connectivity index (χ4v) is 5.10. The molecule has 4 rings (SSSR count). The molecule has 2 heterocycles. The van der Waals surface area contributed by atoms with Crippen LogP contribution in [0.5, 0.6) is 5.75 Å². The highest BCUT2D eigenvalue weighted by Gasteiger charge is 2.31. The number of amides is 3. The number of anilines is 2. The molecule has 0 bridgehead atoms. The third-order valence-corrected chi connectivity index (χ3v) is 6.36. The minimum absolute atomic E-state index is 0.000375. The Morgan fingerprint density at radius 3 is 2.80 bits per heavy atom. The normalized spacial score (nSPS) is 17.4. The van der Waals surface area contributed by atoms with E-state index in [9.17, 15) is 14.4 Å². The quantitative estimate of drug-likeness (QED) is 0.680. The number of ether oxygens (including phenoxy) is 1. The summed E-state index contributed by atoms with van der Waals surface area (Å²) in [5.41, 5.74) is 2.20. The van der Waals surface area contributed by atoms with E-state index in [0.717, 1.165) is 36.1 Å². The highest BCUT2D eigenvalue weighted by atomic mass is 32.1. The zero-order valence-corrected chi connectivity index (χ0v) is 17.9. The van der Waals surface area contributed by atoms with E-state index in [4.69, 9.17) is 4.74 Å². The first-order chi connectivity index (χ1) is 14.4. The van der Waals surface area contributed by atoms with Crippen molar-refractivity contribution >= 4 is 39.7 Å². The van der Waals surface area contributed by atoms with E-state index in [1.807, 2.05) is 19.9 Å². The Hall–Kier alpha value is -2.87. The van der Waals surface area contributed by atoms with Gasteiger partial charge in [0.1, 0.15) is 10.8 Å². The second-order valence-corrected chi connectivity index (χ2v) is 8.99. The minimum Gasteiger partial charge on any atom is -0.478 e. The lowest BCUT2D eigenvalue weighted by Crippen LogP contribution is -2.39. The smallest absolute Gasteiger partial charge is 0.266 e. The monoisotopic (exact) mass is 427 g/mol. The molecule has 0 spiro atoms. The molecule has 3 N–H and O–H groups in total. The summed E-state index contributed by atoms with van der Waals surface area (Å²) in [6.07, 6.45) is 2.84. The summed E-state index contributed by atoms with van der Waals surface area (Å²) in [7, 11) is 0. The van der Waals surface area contributed by atoms with E-state index in [1.54, 1.807) is 18.2 Å². The first-order valence-electron chi connectivity index (χ1n) is 10.2. The summed E-state index contributed by atoms with van der Waals surface area (Å²) in [6.45, 7) is 3.82. The number of thiophene rings is 1. The van der Waals surface area contributed by atoms with Gasteiger partial charge in [0.25, 0.3) is 11.8 Å². The van der Waals surface area contributed by atoms with Crippen molar-refractivity contribution < 1.29 is 19.1 Å². The van der Waals surface area contributed by atoms with Gasteiger partial charge < -0.3 is 20.7 Å². The van der Waals surface area contributed by atoms with Crippen molar-refractivity contribution in [3.05, 3.63) is 40.3 Å². The number of rotatable bonds is 5. The number of fused-ring (bicyclic) bond motifs is 2. The van der Waals surface area contributed by atoms with Gasteiger partial charge in [-0.1, -0.05) is 12.1 Å². The fourth-order valence-electron chi connectivity index (χ4n) is 3.80. The maximum atomic E-state index is 12.8. The lowest BCUT2D eigenvalue weighted by Gasteiger charge is -2.25. The number of benzene rings is 1. The van der Waals surface area contributed by atoms with Crippen LogP contribution < -0.4 is 20.7 Å². The van der Waals surface area contributed by atoms with Gasteiger partial charge in [0.05, 0.1) is 17.7 Å². The number of carbonyl (C=O) groups is 3. The third kappa shape index (κ3) is 4.18. The van der Waals surface area contributed by atoms with Gasteiger partial charge >= 0.3 is 0 Å². The molecule has 1 unspecified atom stereocenters. The fraction of sp³-hybridized carbons (Fsp3) is 0.409. The Morgan fingerprint density at radius 2 is 2.00 bits per heavy atom. The van der Waals surface area contributed by atoms with Gasteiger partial charge in [-0.25, -0.2) is 0 Å². The van der Waals surface area contributed by atoms with E-state index in [2.05, 4.69) is 16.0 Å². The molecule has 1 aliphatic carbocycles. The van der Waals surface area contributed by atoms with Gasteiger partial charge in [-0.15, -0.1) is 11.3 Å². The van der Waals surface area contributed by atoms with E-state index < -0.39 is 6.10 Å². The number of carbonyl (C=O) groups excluding carboxylic acids is 3. The Bertz CT molecular complexity index is 998. The van der Waals surface area contributed by atoms with Gasteiger partial charge in [0.2, 0.25) is 5.91 Å². The van der Waals surface area contributed by atoms with Crippen molar-refractivity contribution in [1.29, 1.82) is 0 Å². The topological polar surface area (TPSA) is 96.5 Å². The molecule has 0 fully saturated rings. The summed E-state index contributed by atoms with van der Waals surface area (Å²) < 4.78 is 5.72. The van der Waals surface area contributed by atoms with Gasteiger partial charge in [-0.3, -0.25) is 14.4 Å². The van der Waals surface area contributed by atoms with Crippen molar-refractivity contribution in [2.45, 2.75) is 58.1 Å². The van der Waals surface area contributed by atoms with Crippen molar-refractivity contribution in [2.75, 3.05) is 10.6 Å². The molecule has 158 valence electrons. The second kappa shape index (κ2) is 8.47. The summed E-state index contributed by atoms with van der Waals surface area (Å²) in [4.78, 5) is 39.1. The third-order valence-electron chi connectivity index (χ3n) is 5.15. The van der Waals surface area contributed by atoms with Gasteiger partial charge in [0.15, 0.2) is 6.10 Å². The number of hydrogen-bond donors (Lipinski definition) is 3. The molecule has 1 aromatic heterocycles. The summed E-state index contributed by atoms with van der Waals surface area (Å²) in [5.74, 6) is -0.336. The predicted molar refractivity (Wildman–Crippen MR) is 116 cm³/mol. The Morgan fingerprint density at radius 1 is 1.23 bits per heavy atom. The van der Waals surface area contributed by atoms with Crippen LogP contribution in [0.15, 0.2) is 24.3 Å². The number of aryl methyl sites for hydroxylation is 1. The molecule has 3 amide bonds. The predicted octanol–water partition coefficient (Wildman–Crippen LogP) is 3.49. The summed E-state index contributed by atoms with van der Waals surface area (Å²) in [5, 5.41) is 9.13. The molecule has 1 atom stereocenters. The molecule has 30 heavy (non-hydrogen) atoms. The van der Waals surface area contributed by atoms with Crippen LogP contribution in [0.1, 0.15) is 53.9 Å². The molecular formula is C22H25N3O4S. The molecule has 2 aliphatic rings. The zero-order valence-electron chi connectivity index (χ0n) is 17.0. The molecule has 0 saturated heterocycles. The number of hydrogen-bond acceptors (Lipinski definition) is 5. The molecular weight excluding hydrogens is 402 g/mol. The first kappa shape index (κ1) is 20.4. The van der Waals surface area contributed by atoms with Gasteiger partial charge in [-0.05, 0) is 57.2 Å². The SMILES string of the molecule is CC(C)NC(=O)c1c(NC(=O)CC2Oc3ccccc3NC2=O)sc2c1CCCC2. The maximum absolute atomic E-state index is 12.8. The minimum atomic E-state index is -0.914. The van der Waals surface area contributed by atoms with E-state index in [1.165, 1.54) is 11.3 Å². The van der Waals surface area contributed by atoms with Crippen LogP contribution in [0.25, 0.3) is 0 Å². The van der Waals surface area contributed by atoms with E-state index >= 15 is 0 Å². The van der Waals surface area contributed by atoms with Crippen LogP contribution >= 0.6 is 11.3 Å². The Kier molecular flexibility index (Phi) is 5.76.